The normalized spacial score (nSPS) is 23.1. The summed E-state index contributed by atoms with van der Waals surface area (Å²) in [5, 5.41) is 9.51. The first-order valence-electron chi connectivity index (χ1n) is 12.8. The summed E-state index contributed by atoms with van der Waals surface area (Å²) >= 11 is 0. The smallest absolute Gasteiger partial charge is 0.265 e. The van der Waals surface area contributed by atoms with Crippen molar-refractivity contribution in [2.75, 3.05) is 18.0 Å². The number of nitrogens with zero attached hydrogens (tertiary/aromatic N) is 3. The monoisotopic (exact) mass is 475 g/mol. The van der Waals surface area contributed by atoms with E-state index in [9.17, 15) is 5.26 Å². The van der Waals surface area contributed by atoms with Crippen LogP contribution in [0.5, 0.6) is 0 Å². The van der Waals surface area contributed by atoms with Gasteiger partial charge in [-0.25, -0.2) is 10.1 Å². The number of ether oxygens (including phenoxy) is 1. The van der Waals surface area contributed by atoms with E-state index in [0.29, 0.717) is 12.2 Å². The topological polar surface area (TPSA) is 40.6 Å². The van der Waals surface area contributed by atoms with E-state index >= 15 is 0 Å². The highest BCUT2D eigenvalue weighted by molar-refractivity contribution is 5.72. The highest BCUT2D eigenvalue weighted by Gasteiger charge is 2.39. The second kappa shape index (κ2) is 9.03. The molecule has 3 aliphatic rings. The van der Waals surface area contributed by atoms with E-state index in [4.69, 9.17) is 11.3 Å². The van der Waals surface area contributed by atoms with Crippen molar-refractivity contribution in [1.29, 1.82) is 5.26 Å². The Bertz CT molecular complexity index is 1310. The third kappa shape index (κ3) is 4.33. The van der Waals surface area contributed by atoms with Gasteiger partial charge in [-0.15, -0.1) is 0 Å². The Morgan fingerprint density at radius 2 is 1.69 bits per heavy atom. The molecular weight excluding hydrogens is 442 g/mol. The lowest BCUT2D eigenvalue weighted by atomic mass is 9.69. The van der Waals surface area contributed by atoms with E-state index in [-0.39, 0.29) is 22.6 Å². The van der Waals surface area contributed by atoms with Crippen LogP contribution in [0.15, 0.2) is 71.6 Å². The minimum Gasteiger partial charge on any atom is -0.485 e. The van der Waals surface area contributed by atoms with Crippen molar-refractivity contribution in [3.63, 3.8) is 0 Å². The standard InChI is InChI=1S/C32H33N3O/c1-31(2)13-15-35-16-14-32(3,4)27-18-22(17-26(31)30(27)35)11-12-25-19-24(28(21-33)34-5)20-29(36-25)23-9-7-6-8-10-23/h6-12,17-19,29H,13-16,20H2,1-4H3/b12-11+,28-24-. The molecular formula is C32H33N3O. The molecule has 2 aromatic carbocycles. The van der Waals surface area contributed by atoms with Crippen molar-refractivity contribution in [1.82, 2.24) is 0 Å². The molecule has 0 aliphatic carbocycles. The van der Waals surface area contributed by atoms with Crippen LogP contribution in [-0.4, -0.2) is 13.1 Å². The number of hydrogen-bond donors (Lipinski definition) is 0. The fourth-order valence-electron chi connectivity index (χ4n) is 5.68. The Kier molecular flexibility index (Phi) is 6.01. The molecule has 3 heterocycles. The van der Waals surface area contributed by atoms with Crippen LogP contribution in [0.25, 0.3) is 10.9 Å². The molecule has 0 radical (unpaired) electrons. The largest absolute Gasteiger partial charge is 0.485 e. The van der Waals surface area contributed by atoms with Crippen molar-refractivity contribution < 1.29 is 4.74 Å². The van der Waals surface area contributed by atoms with Crippen molar-refractivity contribution in [3.8, 4) is 6.07 Å². The van der Waals surface area contributed by atoms with Crippen LogP contribution in [0.3, 0.4) is 0 Å². The van der Waals surface area contributed by atoms with Crippen LogP contribution < -0.4 is 4.90 Å². The molecule has 1 unspecified atom stereocenters. The van der Waals surface area contributed by atoms with E-state index in [2.05, 4.69) is 61.7 Å². The molecule has 0 saturated carbocycles. The Hall–Kier alpha value is -3.76. The van der Waals surface area contributed by atoms with Gasteiger partial charge in [-0.3, -0.25) is 0 Å². The Morgan fingerprint density at radius 1 is 1.06 bits per heavy atom. The van der Waals surface area contributed by atoms with Gasteiger partial charge in [-0.2, -0.15) is 0 Å². The lowest BCUT2D eigenvalue weighted by molar-refractivity contribution is 0.118. The molecule has 0 N–H and O–H groups in total. The van der Waals surface area contributed by atoms with Crippen molar-refractivity contribution in [2.45, 2.75) is 63.9 Å². The van der Waals surface area contributed by atoms with E-state index in [1.807, 2.05) is 42.5 Å². The fourth-order valence-corrected chi connectivity index (χ4v) is 5.68. The number of nitriles is 1. The first-order chi connectivity index (χ1) is 17.2. The molecule has 182 valence electrons. The van der Waals surface area contributed by atoms with Gasteiger partial charge in [0, 0.05) is 25.2 Å². The minimum absolute atomic E-state index is 0.129. The molecule has 0 spiro atoms. The summed E-state index contributed by atoms with van der Waals surface area (Å²) in [6.45, 7) is 19.1. The maximum atomic E-state index is 9.51. The van der Waals surface area contributed by atoms with E-state index in [0.717, 1.165) is 42.6 Å². The summed E-state index contributed by atoms with van der Waals surface area (Å²) < 4.78 is 6.36. The molecule has 0 bridgehead atoms. The molecule has 3 aliphatic heterocycles. The van der Waals surface area contributed by atoms with Crippen LogP contribution in [0.4, 0.5) is 5.69 Å². The lowest BCUT2D eigenvalue weighted by Crippen LogP contribution is -2.44. The number of benzene rings is 2. The van der Waals surface area contributed by atoms with Crippen LogP contribution in [0.1, 0.15) is 75.3 Å². The zero-order valence-corrected chi connectivity index (χ0v) is 21.6. The second-order valence-corrected chi connectivity index (χ2v) is 11.4. The van der Waals surface area contributed by atoms with Gasteiger partial charge in [-0.1, -0.05) is 64.1 Å². The maximum Gasteiger partial charge on any atom is 0.265 e. The van der Waals surface area contributed by atoms with Crippen molar-refractivity contribution >= 4 is 11.8 Å². The lowest BCUT2D eigenvalue weighted by Gasteiger charge is -2.48. The number of allylic oxidation sites excluding steroid dienone is 3. The van der Waals surface area contributed by atoms with Gasteiger partial charge >= 0.3 is 0 Å². The van der Waals surface area contributed by atoms with Gasteiger partial charge in [0.15, 0.2) is 0 Å². The molecule has 4 heteroatoms. The summed E-state index contributed by atoms with van der Waals surface area (Å²) in [4.78, 5) is 6.05. The highest BCUT2D eigenvalue weighted by atomic mass is 16.5. The third-order valence-electron chi connectivity index (χ3n) is 8.05. The summed E-state index contributed by atoms with van der Waals surface area (Å²) in [5.74, 6) is 0.674. The number of rotatable bonds is 3. The molecule has 36 heavy (non-hydrogen) atoms. The van der Waals surface area contributed by atoms with Crippen LogP contribution >= 0.6 is 0 Å². The van der Waals surface area contributed by atoms with Gasteiger partial charge in [0.05, 0.1) is 12.6 Å². The summed E-state index contributed by atoms with van der Waals surface area (Å²) in [6, 6.07) is 16.8. The van der Waals surface area contributed by atoms with Crippen molar-refractivity contribution in [3.05, 3.63) is 105 Å². The minimum atomic E-state index is -0.230. The van der Waals surface area contributed by atoms with E-state index in [1.165, 1.54) is 16.8 Å². The zero-order valence-electron chi connectivity index (χ0n) is 21.6. The Morgan fingerprint density at radius 3 is 2.28 bits per heavy atom. The molecule has 5 rings (SSSR count). The maximum absolute atomic E-state index is 9.51. The third-order valence-corrected chi connectivity index (χ3v) is 8.05. The molecule has 0 saturated heterocycles. The zero-order chi connectivity index (χ0) is 25.5. The van der Waals surface area contributed by atoms with Gasteiger partial charge in [-0.05, 0) is 75.8 Å². The van der Waals surface area contributed by atoms with Crippen LogP contribution in [0.2, 0.25) is 0 Å². The van der Waals surface area contributed by atoms with E-state index < -0.39 is 0 Å². The predicted octanol–water partition coefficient (Wildman–Crippen LogP) is 7.61. The van der Waals surface area contributed by atoms with Gasteiger partial charge in [0.2, 0.25) is 0 Å². The van der Waals surface area contributed by atoms with Gasteiger partial charge in [0.1, 0.15) is 11.9 Å². The summed E-state index contributed by atoms with van der Waals surface area (Å²) in [6.07, 6.45) is 8.55. The predicted molar refractivity (Wildman–Crippen MR) is 145 cm³/mol. The molecule has 0 aromatic heterocycles. The highest BCUT2D eigenvalue weighted by Crippen LogP contribution is 2.49. The number of anilines is 1. The van der Waals surface area contributed by atoms with E-state index in [1.54, 1.807) is 0 Å². The average Bonchev–Trinajstić information content (AvgIpc) is 2.87. The first-order valence-corrected chi connectivity index (χ1v) is 12.8. The summed E-state index contributed by atoms with van der Waals surface area (Å²) in [5.41, 5.74) is 7.62. The van der Waals surface area contributed by atoms with Gasteiger partial charge in [0.25, 0.3) is 5.70 Å². The van der Waals surface area contributed by atoms with Crippen LogP contribution in [0, 0.1) is 17.9 Å². The number of hydrogen-bond acceptors (Lipinski definition) is 3. The molecule has 4 nitrogen and oxygen atoms in total. The molecule has 1 atom stereocenters. The van der Waals surface area contributed by atoms with Gasteiger partial charge < -0.3 is 9.64 Å². The molecule has 0 fully saturated rings. The van der Waals surface area contributed by atoms with Crippen LogP contribution in [-0.2, 0) is 15.6 Å². The fraction of sp³-hybridized carbons (Fsp3) is 0.375. The van der Waals surface area contributed by atoms with Crippen molar-refractivity contribution in [2.24, 2.45) is 0 Å². The Labute approximate surface area is 215 Å². The second-order valence-electron chi connectivity index (χ2n) is 11.4. The Balaban J connectivity index is 1.56. The quantitative estimate of drug-likeness (QED) is 0.339. The first kappa shape index (κ1) is 24.0. The average molecular weight is 476 g/mol. The summed E-state index contributed by atoms with van der Waals surface area (Å²) in [7, 11) is 0. The molecule has 2 aromatic rings. The SMILES string of the molecule is [C-]#[N+]/C(C#N)=C1C=C(/C=C/c2cc3c4c(c2)C(C)(C)CCN4CCC3(C)C)OC(c2ccccc2)C/1. The molecule has 0 amide bonds.